The summed E-state index contributed by atoms with van der Waals surface area (Å²) in [5.41, 5.74) is 3.74. The van der Waals surface area contributed by atoms with Crippen LogP contribution in [0.3, 0.4) is 0 Å². The number of nitrogens with zero attached hydrogens (tertiary/aromatic N) is 1. The third kappa shape index (κ3) is 8.49. The van der Waals surface area contributed by atoms with Gasteiger partial charge in [-0.25, -0.2) is 14.6 Å². The predicted molar refractivity (Wildman–Crippen MR) is 193 cm³/mol. The summed E-state index contributed by atoms with van der Waals surface area (Å²) in [5.74, 6) is -1.10. The zero-order valence-corrected chi connectivity index (χ0v) is 30.3. The van der Waals surface area contributed by atoms with Gasteiger partial charge in [0.2, 0.25) is 0 Å². The molecule has 12 heteroatoms. The van der Waals surface area contributed by atoms with E-state index in [0.29, 0.717) is 35.6 Å². The van der Waals surface area contributed by atoms with Crippen LogP contribution in [0.2, 0.25) is 0 Å². The fourth-order valence-corrected chi connectivity index (χ4v) is 6.42. The lowest BCUT2D eigenvalue weighted by atomic mass is 9.93. The summed E-state index contributed by atoms with van der Waals surface area (Å²) in [6.07, 6.45) is 0.176. The number of aryl methyl sites for hydroxylation is 1. The van der Waals surface area contributed by atoms with Gasteiger partial charge in [0.05, 0.1) is 13.7 Å². The van der Waals surface area contributed by atoms with E-state index in [1.807, 2.05) is 45.2 Å². The van der Waals surface area contributed by atoms with Crippen molar-refractivity contribution in [3.8, 4) is 27.3 Å². The summed E-state index contributed by atoms with van der Waals surface area (Å²) in [6, 6.07) is 14.1. The van der Waals surface area contributed by atoms with E-state index in [-0.39, 0.29) is 23.5 Å². The third-order valence-electron chi connectivity index (χ3n) is 7.64. The maximum Gasteiger partial charge on any atom is 0.407 e. The van der Waals surface area contributed by atoms with Crippen molar-refractivity contribution >= 4 is 40.9 Å². The molecule has 0 spiro atoms. The first-order valence-electron chi connectivity index (χ1n) is 16.2. The number of carbonyl (C=O) groups is 4. The van der Waals surface area contributed by atoms with E-state index in [1.165, 1.54) is 13.2 Å². The minimum atomic E-state index is -0.764. The van der Waals surface area contributed by atoms with Gasteiger partial charge in [-0.3, -0.25) is 9.59 Å². The molecule has 0 bridgehead atoms. The Balaban J connectivity index is 1.55. The predicted octanol–water partition coefficient (Wildman–Crippen LogP) is 7.31. The second-order valence-electron chi connectivity index (χ2n) is 14.0. The molecule has 3 heterocycles. The molecule has 0 radical (unpaired) electrons. The molecule has 50 heavy (non-hydrogen) atoms. The average Bonchev–Trinajstić information content (AvgIpc) is 3.43. The number of benzene rings is 2. The van der Waals surface area contributed by atoms with Crippen LogP contribution < -0.4 is 20.7 Å². The first kappa shape index (κ1) is 36.1. The van der Waals surface area contributed by atoms with Crippen LogP contribution in [0.1, 0.15) is 89.6 Å². The molecule has 0 unspecified atom stereocenters. The minimum Gasteiger partial charge on any atom is -0.493 e. The van der Waals surface area contributed by atoms with E-state index in [1.54, 1.807) is 56.4 Å². The van der Waals surface area contributed by atoms with Gasteiger partial charge in [-0.1, -0.05) is 12.1 Å². The first-order valence-corrected chi connectivity index (χ1v) is 17.1. The molecule has 0 atom stereocenters. The van der Waals surface area contributed by atoms with Crippen LogP contribution in [-0.4, -0.2) is 53.7 Å². The summed E-state index contributed by atoms with van der Waals surface area (Å²) >= 11 is 1.56. The number of hydrogen-bond donors (Lipinski definition) is 3. The third-order valence-corrected chi connectivity index (χ3v) is 8.63. The van der Waals surface area contributed by atoms with Gasteiger partial charge in [0, 0.05) is 51.3 Å². The molecule has 0 fully saturated rings. The number of aromatic nitrogens is 1. The molecule has 1 aliphatic heterocycles. The van der Waals surface area contributed by atoms with Crippen LogP contribution in [0.4, 0.5) is 10.5 Å². The van der Waals surface area contributed by atoms with Crippen molar-refractivity contribution in [2.24, 2.45) is 0 Å². The highest BCUT2D eigenvalue weighted by Crippen LogP contribution is 2.43. The molecule has 11 nitrogen and oxygen atoms in total. The lowest BCUT2D eigenvalue weighted by Gasteiger charge is -2.21. The number of carbonyl (C=O) groups excluding carboxylic acids is 4. The largest absolute Gasteiger partial charge is 0.493 e. The molecule has 5 rings (SSSR count). The van der Waals surface area contributed by atoms with E-state index in [4.69, 9.17) is 14.2 Å². The van der Waals surface area contributed by atoms with Gasteiger partial charge in [-0.2, -0.15) is 0 Å². The Hall–Kier alpha value is -5.23. The molecule has 3 amide bonds. The molecule has 0 saturated carbocycles. The fourth-order valence-electron chi connectivity index (χ4n) is 5.44. The van der Waals surface area contributed by atoms with Gasteiger partial charge in [0.25, 0.3) is 11.8 Å². The first-order chi connectivity index (χ1) is 23.5. The van der Waals surface area contributed by atoms with Crippen LogP contribution in [-0.2, 0) is 22.4 Å². The number of hydrogen-bond acceptors (Lipinski definition) is 9. The van der Waals surface area contributed by atoms with E-state index in [9.17, 15) is 19.2 Å². The molecule has 2 aromatic carbocycles. The Bertz CT molecular complexity index is 1970. The van der Waals surface area contributed by atoms with Gasteiger partial charge in [0.1, 0.15) is 17.0 Å². The summed E-state index contributed by atoms with van der Waals surface area (Å²) < 4.78 is 16.6. The van der Waals surface area contributed by atoms with Gasteiger partial charge in [-0.05, 0) is 107 Å². The topological polar surface area (TPSA) is 145 Å². The number of ether oxygens (including phenoxy) is 3. The number of nitrogens with one attached hydrogen (secondary N) is 3. The van der Waals surface area contributed by atoms with Crippen molar-refractivity contribution in [2.45, 2.75) is 72.6 Å². The number of amides is 3. The van der Waals surface area contributed by atoms with Crippen LogP contribution in [0.25, 0.3) is 21.6 Å². The monoisotopic (exact) mass is 698 g/mol. The van der Waals surface area contributed by atoms with Gasteiger partial charge >= 0.3 is 12.1 Å². The highest BCUT2D eigenvalue weighted by atomic mass is 32.1. The van der Waals surface area contributed by atoms with Crippen molar-refractivity contribution < 1.29 is 33.4 Å². The average molecular weight is 699 g/mol. The number of anilines is 1. The Labute approximate surface area is 295 Å². The molecule has 2 aromatic heterocycles. The molecular weight excluding hydrogens is 657 g/mol. The molecule has 3 N–H and O–H groups in total. The van der Waals surface area contributed by atoms with E-state index in [2.05, 4.69) is 27.0 Å². The number of rotatable bonds is 7. The summed E-state index contributed by atoms with van der Waals surface area (Å²) in [4.78, 5) is 58.0. The lowest BCUT2D eigenvalue weighted by Crippen LogP contribution is -2.41. The van der Waals surface area contributed by atoms with Crippen LogP contribution in [0.15, 0.2) is 53.9 Å². The molecule has 1 aliphatic rings. The molecule has 4 aromatic rings. The van der Waals surface area contributed by atoms with Crippen LogP contribution in [0, 0.1) is 6.92 Å². The molecule has 0 aliphatic carbocycles. The van der Waals surface area contributed by atoms with E-state index in [0.717, 1.165) is 27.1 Å². The number of fused-ring (bicyclic) bond motifs is 3. The Morgan fingerprint density at radius 1 is 0.920 bits per heavy atom. The number of methoxy groups -OCH3 is 1. The maximum absolute atomic E-state index is 14.3. The van der Waals surface area contributed by atoms with Gasteiger partial charge in [-0.15, -0.1) is 11.3 Å². The Kier molecular flexibility index (Phi) is 10.3. The number of esters is 1. The zero-order chi connectivity index (χ0) is 36.4. The second-order valence-corrected chi connectivity index (χ2v) is 14.9. The maximum atomic E-state index is 14.3. The minimum absolute atomic E-state index is 0.0289. The van der Waals surface area contributed by atoms with Crippen LogP contribution in [0.5, 0.6) is 5.75 Å². The second kappa shape index (κ2) is 14.3. The summed E-state index contributed by atoms with van der Waals surface area (Å²) in [7, 11) is 1.23. The quantitative estimate of drug-likeness (QED) is 0.170. The normalized spacial score (nSPS) is 12.4. The number of alkyl carbamates (subject to hydrolysis) is 1. The van der Waals surface area contributed by atoms with Crippen molar-refractivity contribution in [1.82, 2.24) is 15.6 Å². The highest BCUT2D eigenvalue weighted by Gasteiger charge is 2.28. The van der Waals surface area contributed by atoms with Gasteiger partial charge < -0.3 is 30.2 Å². The van der Waals surface area contributed by atoms with E-state index < -0.39 is 35.0 Å². The van der Waals surface area contributed by atoms with Crippen molar-refractivity contribution in [2.75, 3.05) is 19.0 Å². The highest BCUT2D eigenvalue weighted by molar-refractivity contribution is 7.13. The van der Waals surface area contributed by atoms with Gasteiger partial charge in [0.15, 0.2) is 5.69 Å². The number of thiophene rings is 1. The van der Waals surface area contributed by atoms with Crippen molar-refractivity contribution in [3.63, 3.8) is 0 Å². The molecule has 0 saturated heterocycles. The smallest absolute Gasteiger partial charge is 0.407 e. The Morgan fingerprint density at radius 3 is 2.36 bits per heavy atom. The van der Waals surface area contributed by atoms with Crippen LogP contribution >= 0.6 is 11.3 Å². The standard InChI is InChI=1S/C38H42N4O7S/c1-21-17-22(20-39-36(46)49-38(5,6)7)9-11-28(21)41-33(43)26-18-27-30(48-15-13-23-14-16-50-32(23)27)19-25(26)24-10-12-29(34(44)42-37(2,3)4)40-31(24)35(45)47-8/h9-12,14,16-19H,13,15,20H2,1-8H3,(H,39,46)(H,41,43)(H,42,44). The van der Waals surface area contributed by atoms with Crippen molar-refractivity contribution in [3.05, 3.63) is 87.6 Å². The van der Waals surface area contributed by atoms with E-state index >= 15 is 0 Å². The molecular formula is C38H42N4O7S. The Morgan fingerprint density at radius 2 is 1.68 bits per heavy atom. The summed E-state index contributed by atoms with van der Waals surface area (Å²) in [6.45, 7) is 13.5. The zero-order valence-electron chi connectivity index (χ0n) is 29.5. The van der Waals surface area contributed by atoms with Crippen molar-refractivity contribution in [1.29, 1.82) is 0 Å². The lowest BCUT2D eigenvalue weighted by molar-refractivity contribution is 0.0521. The molecule has 262 valence electrons. The SMILES string of the molecule is COC(=O)c1nc(C(=O)NC(C)(C)C)ccc1-c1cc2c(cc1C(=O)Nc1ccc(CNC(=O)OC(C)(C)C)cc1C)-c1sccc1CCO2. The summed E-state index contributed by atoms with van der Waals surface area (Å²) in [5, 5.41) is 10.6. The number of pyridine rings is 1. The fraction of sp³-hybridized carbons (Fsp3) is 0.342.